The van der Waals surface area contributed by atoms with Crippen LogP contribution in [0.3, 0.4) is 0 Å². The van der Waals surface area contributed by atoms with Crippen LogP contribution in [0.1, 0.15) is 51.4 Å². The number of nitrogens with zero attached hydrogens (tertiary/aromatic N) is 4. The molecule has 0 aromatic rings. The lowest BCUT2D eigenvalue weighted by Gasteiger charge is -2.51. The van der Waals surface area contributed by atoms with E-state index in [0.717, 1.165) is 22.8 Å². The minimum absolute atomic E-state index is 0.660. The summed E-state index contributed by atoms with van der Waals surface area (Å²) in [6.45, 7) is 19.3. The molecule has 40 heavy (non-hydrogen) atoms. The predicted molar refractivity (Wildman–Crippen MR) is 168 cm³/mol. The maximum atomic E-state index is 3.51. The molecule has 8 fully saturated rings. The van der Waals surface area contributed by atoms with Crippen LogP contribution in [0.15, 0.2) is 0 Å². The molecule has 0 saturated carbocycles. The molecule has 3 spiro atoms. The number of piperidine rings is 3. The van der Waals surface area contributed by atoms with Crippen LogP contribution < -0.4 is 21.3 Å². The van der Waals surface area contributed by atoms with Gasteiger partial charge >= 0.3 is 0 Å². The number of rotatable bonds is 0. The van der Waals surface area contributed by atoms with Crippen LogP contribution in [0.25, 0.3) is 0 Å². The molecule has 8 aliphatic rings. The Morgan fingerprint density at radius 2 is 1.18 bits per heavy atom. The van der Waals surface area contributed by atoms with Crippen molar-refractivity contribution in [2.45, 2.75) is 57.4 Å². The Bertz CT molecular complexity index is 729. The summed E-state index contributed by atoms with van der Waals surface area (Å²) in [5.41, 5.74) is 2.12. The first-order valence-corrected chi connectivity index (χ1v) is 16.9. The third-order valence-electron chi connectivity index (χ3n) is 11.8. The van der Waals surface area contributed by atoms with Crippen molar-refractivity contribution in [2.75, 3.05) is 126 Å². The number of nitrogens with one attached hydrogen (secondary N) is 4. The van der Waals surface area contributed by atoms with Crippen molar-refractivity contribution in [3.8, 4) is 0 Å². The van der Waals surface area contributed by atoms with Crippen molar-refractivity contribution >= 4 is 0 Å². The van der Waals surface area contributed by atoms with E-state index in [4.69, 9.17) is 0 Å². The maximum absolute atomic E-state index is 3.51. The van der Waals surface area contributed by atoms with Gasteiger partial charge in [0.15, 0.2) is 0 Å². The second-order valence-corrected chi connectivity index (χ2v) is 15.4. The molecule has 8 aliphatic heterocycles. The van der Waals surface area contributed by atoms with E-state index in [9.17, 15) is 0 Å². The van der Waals surface area contributed by atoms with Gasteiger partial charge in [-0.1, -0.05) is 0 Å². The zero-order valence-corrected chi connectivity index (χ0v) is 26.7. The van der Waals surface area contributed by atoms with E-state index in [2.05, 4.69) is 69.1 Å². The van der Waals surface area contributed by atoms with Crippen molar-refractivity contribution in [2.24, 2.45) is 22.2 Å². The fraction of sp³-hybridized carbons (Fsp3) is 1.00. The Labute approximate surface area is 246 Å². The SMILES string of the molecule is CN1CC2(CCNCC2)C1.CN1CCC2(CC1)CNC2.CN1CCC2(CCCNC2)C1.CN1CCC2CNCC21. The summed E-state index contributed by atoms with van der Waals surface area (Å²) in [6, 6.07) is 0.866. The smallest absolute Gasteiger partial charge is 0.0258 e. The Balaban J connectivity index is 0.000000108. The lowest BCUT2D eigenvalue weighted by atomic mass is 9.73. The highest BCUT2D eigenvalue weighted by atomic mass is 15.2. The van der Waals surface area contributed by atoms with Crippen LogP contribution in [-0.4, -0.2) is 152 Å². The molecule has 3 atom stereocenters. The van der Waals surface area contributed by atoms with Gasteiger partial charge in [0.05, 0.1) is 0 Å². The minimum atomic E-state index is 0.660. The minimum Gasteiger partial charge on any atom is -0.317 e. The monoisotopic (exact) mass is 561 g/mol. The van der Waals surface area contributed by atoms with Gasteiger partial charge in [-0.15, -0.1) is 0 Å². The lowest BCUT2D eigenvalue weighted by Crippen LogP contribution is -2.58. The first-order chi connectivity index (χ1) is 19.3. The highest BCUT2D eigenvalue weighted by Crippen LogP contribution is 2.37. The summed E-state index contributed by atoms with van der Waals surface area (Å²) < 4.78 is 0. The van der Waals surface area contributed by atoms with Gasteiger partial charge in [0.1, 0.15) is 0 Å². The lowest BCUT2D eigenvalue weighted by molar-refractivity contribution is -0.00368. The van der Waals surface area contributed by atoms with Gasteiger partial charge in [0.2, 0.25) is 0 Å². The Hall–Kier alpha value is -0.320. The van der Waals surface area contributed by atoms with E-state index in [-0.39, 0.29) is 0 Å². The summed E-state index contributed by atoms with van der Waals surface area (Å²) in [4.78, 5) is 9.80. The van der Waals surface area contributed by atoms with Gasteiger partial charge in [0.25, 0.3) is 0 Å². The van der Waals surface area contributed by atoms with Crippen LogP contribution in [0.5, 0.6) is 0 Å². The van der Waals surface area contributed by atoms with Crippen molar-refractivity contribution in [1.82, 2.24) is 40.9 Å². The number of hydrogen-bond donors (Lipinski definition) is 4. The van der Waals surface area contributed by atoms with Crippen molar-refractivity contribution in [3.05, 3.63) is 0 Å². The van der Waals surface area contributed by atoms with Gasteiger partial charge < -0.3 is 40.9 Å². The summed E-state index contributed by atoms with van der Waals surface area (Å²) >= 11 is 0. The zero-order chi connectivity index (χ0) is 28.1. The zero-order valence-electron chi connectivity index (χ0n) is 26.7. The predicted octanol–water partition coefficient (Wildman–Crippen LogP) is 1.20. The van der Waals surface area contributed by atoms with Gasteiger partial charge in [-0.05, 0) is 154 Å². The first-order valence-electron chi connectivity index (χ1n) is 16.9. The van der Waals surface area contributed by atoms with Crippen molar-refractivity contribution in [3.63, 3.8) is 0 Å². The molecular formula is C32H64N8. The van der Waals surface area contributed by atoms with Crippen LogP contribution in [0.2, 0.25) is 0 Å². The Morgan fingerprint density at radius 1 is 0.525 bits per heavy atom. The van der Waals surface area contributed by atoms with Crippen LogP contribution in [0, 0.1) is 22.2 Å². The van der Waals surface area contributed by atoms with Gasteiger partial charge in [-0.2, -0.15) is 0 Å². The average Bonchev–Trinajstić information content (AvgIpc) is 3.63. The van der Waals surface area contributed by atoms with E-state index in [1.54, 1.807) is 0 Å². The normalized spacial score (nSPS) is 36.9. The standard InChI is InChI=1S/C9H18N2.2C8H16N2.C7H14N2/c1-11-6-4-9(8-11)3-2-5-10-7-9;1-10-4-2-8(3-5-10)6-9-7-8;1-10-6-8(7-10)2-4-9-5-3-8;1-9-3-2-6-4-8-5-7(6)9/h10H,2-8H2,1H3;2*9H,2-7H2,1H3;6-8H,2-5H2,1H3. The summed E-state index contributed by atoms with van der Waals surface area (Å²) in [6.07, 6.45) is 11.3. The molecule has 4 N–H and O–H groups in total. The third kappa shape index (κ3) is 7.98. The molecular weight excluding hydrogens is 496 g/mol. The van der Waals surface area contributed by atoms with Crippen LogP contribution in [-0.2, 0) is 0 Å². The molecule has 8 rings (SSSR count). The second-order valence-electron chi connectivity index (χ2n) is 15.4. The molecule has 0 bridgehead atoms. The molecule has 8 saturated heterocycles. The topological polar surface area (TPSA) is 61.1 Å². The molecule has 8 heterocycles. The van der Waals surface area contributed by atoms with Crippen LogP contribution in [0.4, 0.5) is 0 Å². The van der Waals surface area contributed by atoms with Crippen LogP contribution >= 0.6 is 0 Å². The largest absolute Gasteiger partial charge is 0.317 e. The molecule has 0 aromatic carbocycles. The quantitative estimate of drug-likeness (QED) is 0.353. The molecule has 8 nitrogen and oxygen atoms in total. The van der Waals surface area contributed by atoms with E-state index >= 15 is 0 Å². The van der Waals surface area contributed by atoms with Gasteiger partial charge in [0, 0.05) is 51.9 Å². The molecule has 0 radical (unpaired) electrons. The summed E-state index contributed by atoms with van der Waals surface area (Å²) in [5.74, 6) is 0.968. The van der Waals surface area contributed by atoms with Gasteiger partial charge in [-0.3, -0.25) is 0 Å². The highest BCUT2D eigenvalue weighted by Gasteiger charge is 2.41. The first kappa shape index (κ1) is 31.1. The van der Waals surface area contributed by atoms with E-state index in [1.165, 1.54) is 150 Å². The van der Waals surface area contributed by atoms with Crippen molar-refractivity contribution in [1.29, 1.82) is 0 Å². The second kappa shape index (κ2) is 14.0. The summed E-state index contributed by atoms with van der Waals surface area (Å²) in [5, 5.41) is 13.7. The maximum Gasteiger partial charge on any atom is 0.0258 e. The number of likely N-dealkylation sites (N-methyl/N-ethyl adjacent to an activating group) is 1. The summed E-state index contributed by atoms with van der Waals surface area (Å²) in [7, 11) is 8.91. The number of fused-ring (bicyclic) bond motifs is 1. The number of hydrogen-bond acceptors (Lipinski definition) is 8. The van der Waals surface area contributed by atoms with E-state index in [0.29, 0.717) is 5.41 Å². The fourth-order valence-electron chi connectivity index (χ4n) is 8.90. The molecule has 232 valence electrons. The fourth-order valence-corrected chi connectivity index (χ4v) is 8.90. The van der Waals surface area contributed by atoms with E-state index < -0.39 is 0 Å². The Morgan fingerprint density at radius 3 is 1.73 bits per heavy atom. The third-order valence-corrected chi connectivity index (χ3v) is 11.8. The molecule has 8 heteroatoms. The molecule has 0 amide bonds. The highest BCUT2D eigenvalue weighted by molar-refractivity contribution is 4.97. The molecule has 0 aromatic heterocycles. The number of likely N-dealkylation sites (tertiary alicyclic amines) is 4. The molecule has 0 aliphatic carbocycles. The van der Waals surface area contributed by atoms with E-state index in [1.807, 2.05) is 0 Å². The molecule has 3 unspecified atom stereocenters. The van der Waals surface area contributed by atoms with Gasteiger partial charge in [-0.25, -0.2) is 0 Å². The average molecular weight is 561 g/mol. The van der Waals surface area contributed by atoms with Crippen molar-refractivity contribution < 1.29 is 0 Å². The Kier molecular flexibility index (Phi) is 10.9.